The van der Waals surface area contributed by atoms with E-state index in [-0.39, 0.29) is 12.1 Å². The summed E-state index contributed by atoms with van der Waals surface area (Å²) in [6.07, 6.45) is 4.78. The highest BCUT2D eigenvalue weighted by Crippen LogP contribution is 2.32. The second-order valence-electron chi connectivity index (χ2n) is 6.46. The minimum atomic E-state index is -0.390. The Bertz CT molecular complexity index is 997. The lowest BCUT2D eigenvalue weighted by Gasteiger charge is -2.34. The van der Waals surface area contributed by atoms with Crippen molar-refractivity contribution >= 4 is 34.0 Å². The summed E-state index contributed by atoms with van der Waals surface area (Å²) < 4.78 is 5.26. The molecule has 3 heterocycles. The standard InChI is InChI=1S/C19H19N3O3S/c1-12-10-17(23)25-16-11-13(5-6-14(12)16)21-19(24)22-8-3-2-4-15(22)18-20-7-9-26-18/h5-7,9-11,15H,2-4,8H2,1H3,(H,21,24)/t15-/m0/s1. The summed E-state index contributed by atoms with van der Waals surface area (Å²) in [5, 5.41) is 6.71. The van der Waals surface area contributed by atoms with Gasteiger partial charge in [-0.1, -0.05) is 0 Å². The zero-order valence-electron chi connectivity index (χ0n) is 14.4. The van der Waals surface area contributed by atoms with Crippen LogP contribution in [0.4, 0.5) is 10.5 Å². The first-order chi connectivity index (χ1) is 12.6. The lowest BCUT2D eigenvalue weighted by molar-refractivity contribution is 0.163. The number of hydrogen-bond acceptors (Lipinski definition) is 5. The number of aryl methyl sites for hydroxylation is 1. The molecule has 0 bridgehead atoms. The minimum absolute atomic E-state index is 0.0179. The number of urea groups is 1. The zero-order chi connectivity index (χ0) is 18.1. The van der Waals surface area contributed by atoms with E-state index in [9.17, 15) is 9.59 Å². The van der Waals surface area contributed by atoms with Gasteiger partial charge < -0.3 is 14.6 Å². The van der Waals surface area contributed by atoms with E-state index in [0.29, 0.717) is 17.8 Å². The Hall–Kier alpha value is -2.67. The van der Waals surface area contributed by atoms with Gasteiger partial charge in [0.25, 0.3) is 0 Å². The number of anilines is 1. The molecule has 0 spiro atoms. The van der Waals surface area contributed by atoms with Crippen molar-refractivity contribution < 1.29 is 9.21 Å². The van der Waals surface area contributed by atoms with Gasteiger partial charge in [-0.05, 0) is 43.9 Å². The number of hydrogen-bond donors (Lipinski definition) is 1. The van der Waals surface area contributed by atoms with E-state index < -0.39 is 5.63 Å². The Morgan fingerprint density at radius 3 is 3.04 bits per heavy atom. The van der Waals surface area contributed by atoms with Crippen LogP contribution in [0.15, 0.2) is 45.1 Å². The number of aromatic nitrogens is 1. The van der Waals surface area contributed by atoms with Gasteiger partial charge in [0, 0.05) is 41.3 Å². The Balaban J connectivity index is 1.59. The quantitative estimate of drug-likeness (QED) is 0.683. The van der Waals surface area contributed by atoms with Gasteiger partial charge in [0.1, 0.15) is 10.6 Å². The number of carbonyl (C=O) groups excluding carboxylic acids is 1. The molecule has 3 aromatic rings. The highest BCUT2D eigenvalue weighted by molar-refractivity contribution is 7.09. The van der Waals surface area contributed by atoms with Crippen molar-refractivity contribution in [3.63, 3.8) is 0 Å². The molecule has 0 unspecified atom stereocenters. The Labute approximate surface area is 154 Å². The van der Waals surface area contributed by atoms with Crippen LogP contribution in [-0.4, -0.2) is 22.5 Å². The summed E-state index contributed by atoms with van der Waals surface area (Å²) in [6, 6.07) is 6.72. The SMILES string of the molecule is Cc1cc(=O)oc2cc(NC(=O)N3CCCC[C@H]3c3nccs3)ccc12. The average Bonchev–Trinajstić information content (AvgIpc) is 3.15. The summed E-state index contributed by atoms with van der Waals surface area (Å²) in [5.41, 5.74) is 1.55. The Morgan fingerprint density at radius 1 is 1.35 bits per heavy atom. The summed E-state index contributed by atoms with van der Waals surface area (Å²) >= 11 is 1.58. The van der Waals surface area contributed by atoms with Crippen LogP contribution in [-0.2, 0) is 0 Å². The van der Waals surface area contributed by atoms with E-state index in [1.165, 1.54) is 6.07 Å². The van der Waals surface area contributed by atoms with Gasteiger partial charge in [-0.15, -0.1) is 11.3 Å². The first-order valence-corrected chi connectivity index (χ1v) is 9.51. The van der Waals surface area contributed by atoms with Crippen molar-refractivity contribution in [3.05, 3.63) is 56.8 Å². The fourth-order valence-electron chi connectivity index (χ4n) is 3.43. The molecule has 4 rings (SSSR count). The monoisotopic (exact) mass is 369 g/mol. The van der Waals surface area contributed by atoms with Crippen molar-refractivity contribution in [1.82, 2.24) is 9.88 Å². The first kappa shape index (κ1) is 16.8. The molecule has 2 aromatic heterocycles. The van der Waals surface area contributed by atoms with Crippen LogP contribution in [0.2, 0.25) is 0 Å². The highest BCUT2D eigenvalue weighted by Gasteiger charge is 2.29. The molecule has 7 heteroatoms. The molecule has 1 aliphatic heterocycles. The normalized spacial score (nSPS) is 17.4. The van der Waals surface area contributed by atoms with E-state index in [0.717, 1.165) is 35.2 Å². The molecule has 1 fully saturated rings. The van der Waals surface area contributed by atoms with E-state index in [1.807, 2.05) is 29.3 Å². The fraction of sp³-hybridized carbons (Fsp3) is 0.316. The molecule has 1 N–H and O–H groups in total. The van der Waals surface area contributed by atoms with Gasteiger partial charge in [0.2, 0.25) is 0 Å². The van der Waals surface area contributed by atoms with Crippen LogP contribution in [0.1, 0.15) is 35.9 Å². The van der Waals surface area contributed by atoms with Gasteiger partial charge in [-0.2, -0.15) is 0 Å². The molecule has 1 atom stereocenters. The molecular formula is C19H19N3O3S. The van der Waals surface area contributed by atoms with Crippen LogP contribution in [0.5, 0.6) is 0 Å². The van der Waals surface area contributed by atoms with Crippen molar-refractivity contribution in [2.45, 2.75) is 32.2 Å². The van der Waals surface area contributed by atoms with Crippen LogP contribution in [0, 0.1) is 6.92 Å². The number of carbonyl (C=O) groups is 1. The molecule has 1 aromatic carbocycles. The molecule has 134 valence electrons. The number of nitrogens with zero attached hydrogens (tertiary/aromatic N) is 2. The van der Waals surface area contributed by atoms with Gasteiger partial charge in [-0.3, -0.25) is 0 Å². The lowest BCUT2D eigenvalue weighted by atomic mass is 10.0. The average molecular weight is 369 g/mol. The number of nitrogens with one attached hydrogen (secondary N) is 1. The third-order valence-electron chi connectivity index (χ3n) is 4.70. The van der Waals surface area contributed by atoms with Gasteiger partial charge >= 0.3 is 11.7 Å². The van der Waals surface area contributed by atoms with Gasteiger partial charge in [-0.25, -0.2) is 14.6 Å². The van der Waals surface area contributed by atoms with E-state index in [4.69, 9.17) is 4.42 Å². The second-order valence-corrected chi connectivity index (χ2v) is 7.39. The maximum Gasteiger partial charge on any atom is 0.336 e. The summed E-state index contributed by atoms with van der Waals surface area (Å²) in [7, 11) is 0. The molecule has 0 aliphatic carbocycles. The third-order valence-corrected chi connectivity index (χ3v) is 5.58. The van der Waals surface area contributed by atoms with E-state index in [2.05, 4.69) is 10.3 Å². The predicted molar refractivity (Wildman–Crippen MR) is 102 cm³/mol. The number of piperidine rings is 1. The number of likely N-dealkylation sites (tertiary alicyclic amines) is 1. The van der Waals surface area contributed by atoms with Crippen LogP contribution >= 0.6 is 11.3 Å². The summed E-state index contributed by atoms with van der Waals surface area (Å²) in [6.45, 7) is 2.57. The lowest BCUT2D eigenvalue weighted by Crippen LogP contribution is -2.41. The Kier molecular flexibility index (Phi) is 4.46. The zero-order valence-corrected chi connectivity index (χ0v) is 15.2. The van der Waals surface area contributed by atoms with Crippen LogP contribution < -0.4 is 10.9 Å². The predicted octanol–water partition coefficient (Wildman–Crippen LogP) is 4.32. The summed E-state index contributed by atoms with van der Waals surface area (Å²) in [4.78, 5) is 30.7. The highest BCUT2D eigenvalue weighted by atomic mass is 32.1. The number of benzene rings is 1. The fourth-order valence-corrected chi connectivity index (χ4v) is 4.21. The van der Waals surface area contributed by atoms with Crippen molar-refractivity contribution in [1.29, 1.82) is 0 Å². The summed E-state index contributed by atoms with van der Waals surface area (Å²) in [5.74, 6) is 0. The van der Waals surface area contributed by atoms with E-state index in [1.54, 1.807) is 23.6 Å². The van der Waals surface area contributed by atoms with Gasteiger partial charge in [0.05, 0.1) is 6.04 Å². The molecule has 2 amide bonds. The number of amides is 2. The molecule has 1 saturated heterocycles. The smallest absolute Gasteiger partial charge is 0.336 e. The topological polar surface area (TPSA) is 75.4 Å². The Morgan fingerprint density at radius 2 is 2.23 bits per heavy atom. The second kappa shape index (κ2) is 6.92. The van der Waals surface area contributed by atoms with Crippen molar-refractivity contribution in [3.8, 4) is 0 Å². The molecule has 0 saturated carbocycles. The molecule has 0 radical (unpaired) electrons. The molecule has 1 aliphatic rings. The van der Waals surface area contributed by atoms with Crippen LogP contribution in [0.3, 0.4) is 0 Å². The third kappa shape index (κ3) is 3.22. The molecular weight excluding hydrogens is 350 g/mol. The van der Waals surface area contributed by atoms with E-state index >= 15 is 0 Å². The largest absolute Gasteiger partial charge is 0.423 e. The maximum absolute atomic E-state index is 12.8. The minimum Gasteiger partial charge on any atom is -0.423 e. The number of thiazole rings is 1. The number of fused-ring (bicyclic) bond motifs is 1. The van der Waals surface area contributed by atoms with Crippen molar-refractivity contribution in [2.24, 2.45) is 0 Å². The van der Waals surface area contributed by atoms with Crippen LogP contribution in [0.25, 0.3) is 11.0 Å². The van der Waals surface area contributed by atoms with Gasteiger partial charge in [0.15, 0.2) is 0 Å². The first-order valence-electron chi connectivity index (χ1n) is 8.63. The molecule has 26 heavy (non-hydrogen) atoms. The number of rotatable bonds is 2. The van der Waals surface area contributed by atoms with Crippen molar-refractivity contribution in [2.75, 3.05) is 11.9 Å². The maximum atomic E-state index is 12.8. The molecule has 6 nitrogen and oxygen atoms in total.